The first-order valence-corrected chi connectivity index (χ1v) is 10.9. The molecule has 0 radical (unpaired) electrons. The fourth-order valence-electron chi connectivity index (χ4n) is 3.34. The Morgan fingerprint density at radius 2 is 1.60 bits per heavy atom. The molecule has 0 aliphatic heterocycles. The molecule has 0 bridgehead atoms. The second-order valence-electron chi connectivity index (χ2n) is 7.30. The van der Waals surface area contributed by atoms with Crippen molar-refractivity contribution >= 4 is 11.8 Å². The van der Waals surface area contributed by atoms with Crippen LogP contribution in [-0.4, -0.2) is 42.5 Å². The minimum Gasteiger partial charge on any atom is -0.382 e. The van der Waals surface area contributed by atoms with Crippen LogP contribution in [0.15, 0.2) is 60.7 Å². The Balaban J connectivity index is 2.21. The molecule has 5 nitrogen and oxygen atoms in total. The number of hydrogen-bond donors (Lipinski definition) is 1. The molecule has 0 saturated heterocycles. The number of amides is 2. The van der Waals surface area contributed by atoms with Gasteiger partial charge in [0.2, 0.25) is 11.8 Å². The van der Waals surface area contributed by atoms with Crippen molar-refractivity contribution in [2.45, 2.75) is 52.1 Å². The maximum Gasteiger partial charge on any atom is 0.243 e. The Morgan fingerprint density at radius 3 is 2.20 bits per heavy atom. The van der Waals surface area contributed by atoms with E-state index in [9.17, 15) is 9.59 Å². The summed E-state index contributed by atoms with van der Waals surface area (Å²) < 4.78 is 5.35. The number of carbonyl (C=O) groups excluding carboxylic acids is 2. The zero-order valence-corrected chi connectivity index (χ0v) is 18.2. The molecule has 5 heteroatoms. The van der Waals surface area contributed by atoms with Crippen LogP contribution >= 0.6 is 0 Å². The molecule has 0 aromatic heterocycles. The molecule has 0 aliphatic rings. The smallest absolute Gasteiger partial charge is 0.243 e. The van der Waals surface area contributed by atoms with Gasteiger partial charge in [-0.25, -0.2) is 0 Å². The lowest BCUT2D eigenvalue weighted by Crippen LogP contribution is -2.50. The first kappa shape index (κ1) is 23.6. The van der Waals surface area contributed by atoms with Crippen LogP contribution in [0.1, 0.15) is 44.2 Å². The Bertz CT molecular complexity index is 750. The lowest BCUT2D eigenvalue weighted by Gasteiger charge is -2.31. The van der Waals surface area contributed by atoms with E-state index in [0.29, 0.717) is 39.1 Å². The molecule has 2 aromatic carbocycles. The quantitative estimate of drug-likeness (QED) is 0.508. The molecule has 0 spiro atoms. The highest BCUT2D eigenvalue weighted by molar-refractivity contribution is 5.88. The first-order chi connectivity index (χ1) is 14.7. The number of nitrogens with zero attached hydrogens (tertiary/aromatic N) is 1. The van der Waals surface area contributed by atoms with Gasteiger partial charge < -0.3 is 15.0 Å². The third kappa shape index (κ3) is 7.99. The van der Waals surface area contributed by atoms with Crippen LogP contribution in [0.5, 0.6) is 0 Å². The zero-order valence-electron chi connectivity index (χ0n) is 18.2. The summed E-state index contributed by atoms with van der Waals surface area (Å²) in [6, 6.07) is 19.2. The molecular weight excluding hydrogens is 376 g/mol. The molecular formula is C25H34N2O3. The number of rotatable bonds is 13. The van der Waals surface area contributed by atoms with E-state index in [0.717, 1.165) is 24.0 Å². The molecule has 0 heterocycles. The fraction of sp³-hybridized carbons (Fsp3) is 0.440. The Hall–Kier alpha value is -2.66. The highest BCUT2D eigenvalue weighted by atomic mass is 16.5. The predicted molar refractivity (Wildman–Crippen MR) is 120 cm³/mol. The summed E-state index contributed by atoms with van der Waals surface area (Å²) in [5.74, 6) is -0.109. The lowest BCUT2D eigenvalue weighted by molar-refractivity contribution is -0.141. The minimum absolute atomic E-state index is 0.00625. The van der Waals surface area contributed by atoms with E-state index in [1.165, 1.54) is 0 Å². The maximum atomic E-state index is 13.2. The van der Waals surface area contributed by atoms with Gasteiger partial charge in [-0.15, -0.1) is 0 Å². The van der Waals surface area contributed by atoms with Gasteiger partial charge in [0.05, 0.1) is 0 Å². The van der Waals surface area contributed by atoms with Crippen molar-refractivity contribution in [1.82, 2.24) is 10.2 Å². The van der Waals surface area contributed by atoms with Gasteiger partial charge in [-0.2, -0.15) is 0 Å². The van der Waals surface area contributed by atoms with E-state index >= 15 is 0 Å². The third-order valence-electron chi connectivity index (χ3n) is 4.90. The number of benzene rings is 2. The van der Waals surface area contributed by atoms with E-state index in [4.69, 9.17) is 4.74 Å². The van der Waals surface area contributed by atoms with E-state index in [1.54, 1.807) is 4.90 Å². The molecule has 0 fully saturated rings. The van der Waals surface area contributed by atoms with Crippen LogP contribution in [0.25, 0.3) is 0 Å². The summed E-state index contributed by atoms with van der Waals surface area (Å²) in [5.41, 5.74) is 2.05. The van der Waals surface area contributed by atoms with Crippen LogP contribution < -0.4 is 5.32 Å². The van der Waals surface area contributed by atoms with Gasteiger partial charge in [0, 0.05) is 39.1 Å². The minimum atomic E-state index is -0.557. The highest BCUT2D eigenvalue weighted by Crippen LogP contribution is 2.16. The van der Waals surface area contributed by atoms with Crippen LogP contribution in [-0.2, 0) is 27.3 Å². The van der Waals surface area contributed by atoms with Crippen LogP contribution in [0.2, 0.25) is 0 Å². The van der Waals surface area contributed by atoms with Crippen molar-refractivity contribution in [3.63, 3.8) is 0 Å². The normalized spacial score (nSPS) is 11.7. The average molecular weight is 411 g/mol. The Morgan fingerprint density at radius 1 is 0.967 bits per heavy atom. The lowest BCUT2D eigenvalue weighted by atomic mass is 10.0. The van der Waals surface area contributed by atoms with Gasteiger partial charge in [0.1, 0.15) is 6.04 Å². The number of ether oxygens (including phenoxy) is 1. The van der Waals surface area contributed by atoms with Crippen LogP contribution in [0.4, 0.5) is 0 Å². The highest BCUT2D eigenvalue weighted by Gasteiger charge is 2.29. The monoisotopic (exact) mass is 410 g/mol. The molecule has 2 aromatic rings. The molecule has 162 valence electrons. The number of hydrogen-bond acceptors (Lipinski definition) is 3. The summed E-state index contributed by atoms with van der Waals surface area (Å²) in [5, 5.41) is 3.01. The van der Waals surface area contributed by atoms with Crippen LogP contribution in [0, 0.1) is 0 Å². The van der Waals surface area contributed by atoms with Crippen molar-refractivity contribution in [2.75, 3.05) is 19.8 Å². The summed E-state index contributed by atoms with van der Waals surface area (Å²) in [4.78, 5) is 27.9. The summed E-state index contributed by atoms with van der Waals surface area (Å²) >= 11 is 0. The Kier molecular flexibility index (Phi) is 10.7. The maximum absolute atomic E-state index is 13.2. The van der Waals surface area contributed by atoms with Gasteiger partial charge in [0.15, 0.2) is 0 Å². The average Bonchev–Trinajstić information content (AvgIpc) is 2.77. The first-order valence-electron chi connectivity index (χ1n) is 10.9. The number of carbonyl (C=O) groups is 2. The van der Waals surface area contributed by atoms with Crippen molar-refractivity contribution < 1.29 is 14.3 Å². The summed E-state index contributed by atoms with van der Waals surface area (Å²) in [6.07, 6.45) is 2.41. The van der Waals surface area contributed by atoms with E-state index in [2.05, 4.69) is 5.32 Å². The number of nitrogens with one attached hydrogen (secondary N) is 1. The third-order valence-corrected chi connectivity index (χ3v) is 4.90. The van der Waals surface area contributed by atoms with Gasteiger partial charge >= 0.3 is 0 Å². The van der Waals surface area contributed by atoms with Gasteiger partial charge in [0.25, 0.3) is 0 Å². The Labute approximate surface area is 180 Å². The molecule has 1 unspecified atom stereocenters. The van der Waals surface area contributed by atoms with E-state index in [-0.39, 0.29) is 11.8 Å². The molecule has 2 amide bonds. The topological polar surface area (TPSA) is 58.6 Å². The second kappa shape index (κ2) is 13.5. The van der Waals surface area contributed by atoms with Gasteiger partial charge in [-0.1, -0.05) is 67.6 Å². The molecule has 0 aliphatic carbocycles. The van der Waals surface area contributed by atoms with Crippen molar-refractivity contribution in [2.24, 2.45) is 0 Å². The standard InChI is InChI=1S/C25H34N2O3/c1-3-12-24(28)27(20-22-15-9-6-10-16-22)23(19-21-13-7-5-8-14-21)25(29)26-17-11-18-30-4-2/h5-10,13-16,23H,3-4,11-12,17-20H2,1-2H3,(H,26,29). The molecule has 30 heavy (non-hydrogen) atoms. The van der Waals surface area contributed by atoms with Crippen molar-refractivity contribution in [3.8, 4) is 0 Å². The van der Waals surface area contributed by atoms with E-state index in [1.807, 2.05) is 74.5 Å². The summed E-state index contributed by atoms with van der Waals surface area (Å²) in [7, 11) is 0. The molecule has 0 saturated carbocycles. The van der Waals surface area contributed by atoms with Gasteiger partial charge in [-0.05, 0) is 30.9 Å². The largest absolute Gasteiger partial charge is 0.382 e. The van der Waals surface area contributed by atoms with Crippen LogP contribution in [0.3, 0.4) is 0 Å². The second-order valence-corrected chi connectivity index (χ2v) is 7.30. The fourth-order valence-corrected chi connectivity index (χ4v) is 3.34. The van der Waals surface area contributed by atoms with Crippen molar-refractivity contribution in [1.29, 1.82) is 0 Å². The summed E-state index contributed by atoms with van der Waals surface area (Å²) in [6.45, 7) is 6.17. The zero-order chi connectivity index (χ0) is 21.6. The molecule has 2 rings (SSSR count). The molecule has 1 atom stereocenters. The predicted octanol–water partition coefficient (Wildman–Crippen LogP) is 3.97. The van der Waals surface area contributed by atoms with Gasteiger partial charge in [-0.3, -0.25) is 9.59 Å². The molecule has 1 N–H and O–H groups in total. The SMILES string of the molecule is CCCC(=O)N(Cc1ccccc1)C(Cc1ccccc1)C(=O)NCCCOCC. The van der Waals surface area contributed by atoms with Crippen molar-refractivity contribution in [3.05, 3.63) is 71.8 Å². The van der Waals surface area contributed by atoms with E-state index < -0.39 is 6.04 Å².